The second-order valence-corrected chi connectivity index (χ2v) is 4.43. The fourth-order valence-electron chi connectivity index (χ4n) is 2.29. The summed E-state index contributed by atoms with van der Waals surface area (Å²) in [6.07, 6.45) is 4.05. The lowest BCUT2D eigenvalue weighted by Gasteiger charge is -2.24. The van der Waals surface area contributed by atoms with Gasteiger partial charge in [0.15, 0.2) is 0 Å². The third kappa shape index (κ3) is 2.22. The summed E-state index contributed by atoms with van der Waals surface area (Å²) in [5, 5.41) is 8.01. The SMILES string of the molecule is c1ccc2c(N[C@@H]3CCCNC3)ncnc2c1. The number of hydrogen-bond acceptors (Lipinski definition) is 4. The molecule has 1 aliphatic heterocycles. The standard InChI is InChI=1S/C13H16N4/c1-2-6-12-11(5-1)13(16-9-15-12)17-10-4-3-7-14-8-10/h1-2,5-6,9-10,14H,3-4,7-8H2,(H,15,16,17)/t10-/m1/s1. The van der Waals surface area contributed by atoms with Crippen molar-refractivity contribution in [2.45, 2.75) is 18.9 Å². The first kappa shape index (κ1) is 10.5. The summed E-state index contributed by atoms with van der Waals surface area (Å²) in [7, 11) is 0. The Morgan fingerprint density at radius 3 is 3.06 bits per heavy atom. The van der Waals surface area contributed by atoms with Crippen LogP contribution in [0.25, 0.3) is 10.9 Å². The van der Waals surface area contributed by atoms with Gasteiger partial charge in [0.1, 0.15) is 12.1 Å². The lowest BCUT2D eigenvalue weighted by atomic mass is 10.1. The Balaban J connectivity index is 1.89. The fraction of sp³-hybridized carbons (Fsp3) is 0.385. The summed E-state index contributed by atoms with van der Waals surface area (Å²) in [5.41, 5.74) is 0.994. The average molecular weight is 228 g/mol. The molecule has 3 rings (SSSR count). The molecule has 1 atom stereocenters. The lowest BCUT2D eigenvalue weighted by Crippen LogP contribution is -2.38. The zero-order valence-corrected chi connectivity index (χ0v) is 9.69. The van der Waals surface area contributed by atoms with Gasteiger partial charge < -0.3 is 10.6 Å². The summed E-state index contributed by atoms with van der Waals surface area (Å²) >= 11 is 0. The van der Waals surface area contributed by atoms with Gasteiger partial charge in [0.05, 0.1) is 5.52 Å². The van der Waals surface area contributed by atoms with Gasteiger partial charge >= 0.3 is 0 Å². The van der Waals surface area contributed by atoms with Crippen LogP contribution in [0.2, 0.25) is 0 Å². The molecule has 2 heterocycles. The Hall–Kier alpha value is -1.68. The Morgan fingerprint density at radius 1 is 1.24 bits per heavy atom. The first-order valence-corrected chi connectivity index (χ1v) is 6.10. The Kier molecular flexibility index (Phi) is 2.88. The van der Waals surface area contributed by atoms with Gasteiger partial charge in [-0.1, -0.05) is 12.1 Å². The Labute approximate surface area is 100 Å². The van der Waals surface area contributed by atoms with Gasteiger partial charge in [0.25, 0.3) is 0 Å². The third-order valence-corrected chi connectivity index (χ3v) is 3.18. The summed E-state index contributed by atoms with van der Waals surface area (Å²) in [6.45, 7) is 2.14. The predicted octanol–water partition coefficient (Wildman–Crippen LogP) is 1.79. The molecule has 0 bridgehead atoms. The first-order valence-electron chi connectivity index (χ1n) is 6.10. The van der Waals surface area contributed by atoms with Gasteiger partial charge in [-0.05, 0) is 31.5 Å². The number of hydrogen-bond donors (Lipinski definition) is 2. The minimum absolute atomic E-state index is 0.474. The van der Waals surface area contributed by atoms with E-state index < -0.39 is 0 Å². The van der Waals surface area contributed by atoms with Crippen molar-refractivity contribution < 1.29 is 0 Å². The topological polar surface area (TPSA) is 49.8 Å². The van der Waals surface area contributed by atoms with Crippen LogP contribution in [-0.2, 0) is 0 Å². The van der Waals surface area contributed by atoms with E-state index in [1.54, 1.807) is 6.33 Å². The summed E-state index contributed by atoms with van der Waals surface area (Å²) in [6, 6.07) is 8.58. The van der Waals surface area contributed by atoms with Crippen LogP contribution < -0.4 is 10.6 Å². The number of aromatic nitrogens is 2. The van der Waals surface area contributed by atoms with Crippen molar-refractivity contribution in [3.8, 4) is 0 Å². The molecule has 17 heavy (non-hydrogen) atoms. The van der Waals surface area contributed by atoms with Crippen molar-refractivity contribution in [2.75, 3.05) is 18.4 Å². The monoisotopic (exact) mass is 228 g/mol. The van der Waals surface area contributed by atoms with Crippen molar-refractivity contribution in [2.24, 2.45) is 0 Å². The maximum absolute atomic E-state index is 4.35. The second-order valence-electron chi connectivity index (χ2n) is 4.43. The van der Waals surface area contributed by atoms with Gasteiger partial charge in [-0.2, -0.15) is 0 Å². The van der Waals surface area contributed by atoms with Gasteiger partial charge in [-0.3, -0.25) is 0 Å². The summed E-state index contributed by atoms with van der Waals surface area (Å²) in [4.78, 5) is 8.62. The van der Waals surface area contributed by atoms with Crippen LogP contribution in [0.1, 0.15) is 12.8 Å². The molecule has 88 valence electrons. The molecule has 0 aliphatic carbocycles. The summed E-state index contributed by atoms with van der Waals surface area (Å²) in [5.74, 6) is 0.948. The van der Waals surface area contributed by atoms with Crippen molar-refractivity contribution >= 4 is 16.7 Å². The molecule has 4 nitrogen and oxygen atoms in total. The highest BCUT2D eigenvalue weighted by atomic mass is 15.1. The molecule has 1 fully saturated rings. The van der Waals surface area contributed by atoms with E-state index in [-0.39, 0.29) is 0 Å². The molecule has 2 N–H and O–H groups in total. The molecule has 1 saturated heterocycles. The highest BCUT2D eigenvalue weighted by Gasteiger charge is 2.14. The molecule has 0 saturated carbocycles. The van der Waals surface area contributed by atoms with E-state index in [4.69, 9.17) is 0 Å². The van der Waals surface area contributed by atoms with E-state index in [2.05, 4.69) is 26.7 Å². The molecule has 1 aromatic heterocycles. The van der Waals surface area contributed by atoms with Crippen LogP contribution in [0.3, 0.4) is 0 Å². The van der Waals surface area contributed by atoms with E-state index in [0.29, 0.717) is 6.04 Å². The first-order chi connectivity index (χ1) is 8.43. The zero-order valence-electron chi connectivity index (χ0n) is 9.69. The molecule has 0 spiro atoms. The minimum atomic E-state index is 0.474. The maximum Gasteiger partial charge on any atom is 0.137 e. The molecule has 0 amide bonds. The van der Waals surface area contributed by atoms with Crippen molar-refractivity contribution in [1.29, 1.82) is 0 Å². The van der Waals surface area contributed by atoms with Gasteiger partial charge in [0, 0.05) is 18.0 Å². The molecule has 2 aromatic rings. The Bertz CT molecular complexity index is 500. The molecule has 0 radical (unpaired) electrons. The highest BCUT2D eigenvalue weighted by molar-refractivity contribution is 5.88. The van der Waals surface area contributed by atoms with Gasteiger partial charge in [-0.15, -0.1) is 0 Å². The van der Waals surface area contributed by atoms with E-state index in [1.807, 2.05) is 18.2 Å². The quantitative estimate of drug-likeness (QED) is 0.823. The molecular weight excluding hydrogens is 212 g/mol. The number of benzene rings is 1. The fourth-order valence-corrected chi connectivity index (χ4v) is 2.29. The largest absolute Gasteiger partial charge is 0.365 e. The number of para-hydroxylation sites is 1. The normalized spacial score (nSPS) is 20.4. The highest BCUT2D eigenvalue weighted by Crippen LogP contribution is 2.20. The van der Waals surface area contributed by atoms with Gasteiger partial charge in [0.2, 0.25) is 0 Å². The third-order valence-electron chi connectivity index (χ3n) is 3.18. The van der Waals surface area contributed by atoms with E-state index >= 15 is 0 Å². The van der Waals surface area contributed by atoms with E-state index in [1.165, 1.54) is 12.8 Å². The van der Waals surface area contributed by atoms with E-state index in [0.717, 1.165) is 29.8 Å². The number of nitrogens with one attached hydrogen (secondary N) is 2. The van der Waals surface area contributed by atoms with Crippen molar-refractivity contribution in [3.05, 3.63) is 30.6 Å². The Morgan fingerprint density at radius 2 is 2.18 bits per heavy atom. The van der Waals surface area contributed by atoms with Crippen LogP contribution in [0, 0.1) is 0 Å². The van der Waals surface area contributed by atoms with E-state index in [9.17, 15) is 0 Å². The maximum atomic E-state index is 4.35. The zero-order chi connectivity index (χ0) is 11.5. The molecule has 4 heteroatoms. The van der Waals surface area contributed by atoms with Crippen LogP contribution in [0.15, 0.2) is 30.6 Å². The molecule has 0 unspecified atom stereocenters. The van der Waals surface area contributed by atoms with Crippen molar-refractivity contribution in [1.82, 2.24) is 15.3 Å². The van der Waals surface area contributed by atoms with Crippen LogP contribution in [0.4, 0.5) is 5.82 Å². The molecule has 1 aromatic carbocycles. The number of fused-ring (bicyclic) bond motifs is 1. The molecule has 1 aliphatic rings. The smallest absolute Gasteiger partial charge is 0.137 e. The van der Waals surface area contributed by atoms with Crippen molar-refractivity contribution in [3.63, 3.8) is 0 Å². The lowest BCUT2D eigenvalue weighted by molar-refractivity contribution is 0.479. The number of anilines is 1. The average Bonchev–Trinajstić information content (AvgIpc) is 2.40. The predicted molar refractivity (Wildman–Crippen MR) is 69.1 cm³/mol. The molecular formula is C13H16N4. The summed E-state index contributed by atoms with van der Waals surface area (Å²) < 4.78 is 0. The number of rotatable bonds is 2. The number of nitrogens with zero attached hydrogens (tertiary/aromatic N) is 2. The minimum Gasteiger partial charge on any atom is -0.365 e. The van der Waals surface area contributed by atoms with Crippen LogP contribution in [-0.4, -0.2) is 29.1 Å². The van der Waals surface area contributed by atoms with Crippen LogP contribution >= 0.6 is 0 Å². The van der Waals surface area contributed by atoms with Crippen LogP contribution in [0.5, 0.6) is 0 Å². The van der Waals surface area contributed by atoms with Gasteiger partial charge in [-0.25, -0.2) is 9.97 Å². The second kappa shape index (κ2) is 4.67. The number of piperidine rings is 1.